The van der Waals surface area contributed by atoms with Crippen LogP contribution in [0.2, 0.25) is 0 Å². The van der Waals surface area contributed by atoms with E-state index in [0.29, 0.717) is 79.6 Å². The monoisotopic (exact) mass is 814 g/mol. The molecule has 2 aliphatic rings. The molecule has 0 saturated carbocycles. The number of carbonyl (C=O) groups is 1. The summed E-state index contributed by atoms with van der Waals surface area (Å²) in [5.74, 6) is 2.99. The number of aromatic amines is 2. The minimum Gasteiger partial charge on any atom is -0.497 e. The van der Waals surface area contributed by atoms with Crippen molar-refractivity contribution in [2.24, 2.45) is 0 Å². The Balaban J connectivity index is 1.26. The first-order valence-electron chi connectivity index (χ1n) is 19.6. The Morgan fingerprint density at radius 1 is 0.492 bits per heavy atom. The highest BCUT2D eigenvalue weighted by atomic mass is 28.1. The van der Waals surface area contributed by atoms with E-state index in [9.17, 15) is 0 Å². The fourth-order valence-electron chi connectivity index (χ4n) is 8.30. The van der Waals surface area contributed by atoms with Gasteiger partial charge in [0.15, 0.2) is 23.3 Å². The number of H-pyrrole nitrogens is 2. The van der Waals surface area contributed by atoms with Crippen LogP contribution < -0.4 is 14.2 Å². The van der Waals surface area contributed by atoms with E-state index in [1.54, 1.807) is 38.5 Å². The van der Waals surface area contributed by atoms with Crippen LogP contribution in [-0.2, 0) is 9.83 Å². The average Bonchev–Trinajstić information content (AvgIpc) is 4.04. The summed E-state index contributed by atoms with van der Waals surface area (Å²) in [5.41, 5.74) is 6.87. The Kier molecular flexibility index (Phi) is 8.32. The zero-order valence-electron chi connectivity index (χ0n) is 33.1. The molecule has 0 aliphatic carbocycles. The number of esters is 1. The Hall–Kier alpha value is -8.03. The fourth-order valence-corrected chi connectivity index (χ4v) is 9.13. The van der Waals surface area contributed by atoms with Gasteiger partial charge in [0.1, 0.15) is 44.9 Å². The maximum Gasteiger partial charge on any atom is 0.322 e. The normalized spacial score (nSPS) is 12.8. The molecule has 0 fully saturated rings. The van der Waals surface area contributed by atoms with Gasteiger partial charge in [-0.1, -0.05) is 109 Å². The van der Waals surface area contributed by atoms with Crippen LogP contribution in [0.15, 0.2) is 140 Å². The molecule has 8 bridgehead atoms. The van der Waals surface area contributed by atoms with E-state index in [1.807, 2.05) is 115 Å². The van der Waals surface area contributed by atoms with E-state index in [4.69, 9.17) is 44.1 Å². The maximum absolute atomic E-state index is 15.0. The summed E-state index contributed by atoms with van der Waals surface area (Å²) in [6, 6.07) is 44.2. The molecule has 6 aromatic carbocycles. The van der Waals surface area contributed by atoms with Crippen LogP contribution in [0.25, 0.3) is 89.7 Å². The van der Waals surface area contributed by atoms with Crippen molar-refractivity contribution in [3.8, 4) is 62.8 Å². The summed E-state index contributed by atoms with van der Waals surface area (Å²) >= 11 is 0. The van der Waals surface area contributed by atoms with Crippen molar-refractivity contribution >= 4 is 60.3 Å². The largest absolute Gasteiger partial charge is 0.497 e. The zero-order valence-corrected chi connectivity index (χ0v) is 35.1. The Morgan fingerprint density at radius 3 is 1.51 bits per heavy atom. The van der Waals surface area contributed by atoms with Gasteiger partial charge in [-0.2, -0.15) is 0 Å². The SMILES string of the molecule is COc1cccc(OC(=O)C([SiH3])(c2cccc(OC)c2)c2cccc3c4nc5nc(nc6[nH]c(nc7nc(nc([nH]4)c23)-c2ccccc2-7)c2ccccc62)-c2ccccc2-5)c1. The number of carbonyl (C=O) groups excluding carboxylic acids is 1. The second kappa shape index (κ2) is 14.1. The fraction of sp³-hybridized carbons (Fsp3) is 0.0625. The highest BCUT2D eigenvalue weighted by molar-refractivity contribution is 6.32. The van der Waals surface area contributed by atoms with Gasteiger partial charge >= 0.3 is 5.97 Å². The van der Waals surface area contributed by atoms with Gasteiger partial charge in [-0.25, -0.2) is 29.9 Å². The van der Waals surface area contributed by atoms with Crippen LogP contribution in [-0.4, -0.2) is 70.3 Å². The molecule has 0 saturated heterocycles. The topological polar surface area (TPSA) is 154 Å². The number of hydrogen-bond acceptors (Lipinski definition) is 10. The van der Waals surface area contributed by atoms with Crippen molar-refractivity contribution < 1.29 is 19.0 Å². The van der Waals surface area contributed by atoms with Crippen molar-refractivity contribution in [1.82, 2.24) is 39.9 Å². The Morgan fingerprint density at radius 2 is 0.934 bits per heavy atom. The van der Waals surface area contributed by atoms with Crippen LogP contribution in [0.3, 0.4) is 0 Å². The van der Waals surface area contributed by atoms with Crippen molar-refractivity contribution in [3.05, 3.63) is 151 Å². The number of fused-ring (bicyclic) bond motifs is 20. The quantitative estimate of drug-likeness (QED) is 0.0957. The van der Waals surface area contributed by atoms with Gasteiger partial charge < -0.3 is 24.2 Å². The average molecular weight is 815 g/mol. The molecule has 61 heavy (non-hydrogen) atoms. The van der Waals surface area contributed by atoms with Crippen molar-refractivity contribution in [2.45, 2.75) is 5.04 Å². The molecule has 2 N–H and O–H groups in total. The number of methoxy groups -OCH3 is 2. The molecule has 1 atom stereocenters. The highest BCUT2D eigenvalue weighted by Gasteiger charge is 2.41. The van der Waals surface area contributed by atoms with Gasteiger partial charge in [0.25, 0.3) is 0 Å². The second-order valence-electron chi connectivity index (χ2n) is 14.9. The molecule has 0 spiro atoms. The number of hydrogen-bond donors (Lipinski definition) is 2. The number of ether oxygens (including phenoxy) is 3. The van der Waals surface area contributed by atoms with E-state index in [-0.39, 0.29) is 10.2 Å². The van der Waals surface area contributed by atoms with Crippen LogP contribution in [0.5, 0.6) is 17.2 Å². The van der Waals surface area contributed by atoms with E-state index in [0.717, 1.165) is 38.4 Å². The molecule has 11 rings (SSSR count). The van der Waals surface area contributed by atoms with E-state index >= 15 is 4.79 Å². The molecular weight excluding hydrogens is 781 g/mol. The molecule has 1 unspecified atom stereocenters. The molecule has 2 aliphatic heterocycles. The maximum atomic E-state index is 15.0. The molecule has 12 nitrogen and oxygen atoms in total. The van der Waals surface area contributed by atoms with E-state index < -0.39 is 11.0 Å². The molecule has 5 heterocycles. The summed E-state index contributed by atoms with van der Waals surface area (Å²) in [4.78, 5) is 53.0. The summed E-state index contributed by atoms with van der Waals surface area (Å²) in [6.45, 7) is 0. The van der Waals surface area contributed by atoms with Gasteiger partial charge in [0.05, 0.1) is 14.2 Å². The van der Waals surface area contributed by atoms with Gasteiger partial charge in [-0.3, -0.25) is 4.79 Å². The smallest absolute Gasteiger partial charge is 0.322 e. The predicted molar refractivity (Wildman–Crippen MR) is 238 cm³/mol. The predicted octanol–water partition coefficient (Wildman–Crippen LogP) is 8.10. The minimum absolute atomic E-state index is 0.279. The summed E-state index contributed by atoms with van der Waals surface area (Å²) in [7, 11) is 3.46. The third-order valence-electron chi connectivity index (χ3n) is 11.4. The van der Waals surface area contributed by atoms with Crippen LogP contribution in [0.4, 0.5) is 0 Å². The molecule has 0 radical (unpaired) electrons. The summed E-state index contributed by atoms with van der Waals surface area (Å²) in [5, 5.41) is 1.91. The van der Waals surface area contributed by atoms with Crippen molar-refractivity contribution in [2.75, 3.05) is 14.2 Å². The van der Waals surface area contributed by atoms with E-state index in [2.05, 4.69) is 9.97 Å². The van der Waals surface area contributed by atoms with Crippen molar-refractivity contribution in [1.29, 1.82) is 0 Å². The summed E-state index contributed by atoms with van der Waals surface area (Å²) < 4.78 is 17.4. The van der Waals surface area contributed by atoms with Gasteiger partial charge in [-0.15, -0.1) is 0 Å². The number of benzene rings is 6. The van der Waals surface area contributed by atoms with E-state index in [1.165, 1.54) is 0 Å². The lowest BCUT2D eigenvalue weighted by atomic mass is 9.87. The first-order chi connectivity index (χ1) is 29.9. The third kappa shape index (κ3) is 5.85. The van der Waals surface area contributed by atoms with Crippen LogP contribution in [0, 0.1) is 0 Å². The number of rotatable bonds is 6. The first-order valence-corrected chi connectivity index (χ1v) is 20.6. The molecule has 13 heteroatoms. The molecule has 3 aromatic heterocycles. The van der Waals surface area contributed by atoms with Crippen LogP contribution in [0.1, 0.15) is 11.1 Å². The lowest BCUT2D eigenvalue weighted by Gasteiger charge is -2.29. The van der Waals surface area contributed by atoms with Gasteiger partial charge in [0.2, 0.25) is 0 Å². The number of nitrogens with zero attached hydrogens (tertiary/aromatic N) is 6. The molecule has 9 aromatic rings. The number of nitrogens with one attached hydrogen (secondary N) is 2. The Bertz CT molecular complexity index is 3450. The summed E-state index contributed by atoms with van der Waals surface area (Å²) in [6.07, 6.45) is 0. The minimum atomic E-state index is -1.29. The second-order valence-corrected chi connectivity index (χ2v) is 16.4. The Labute approximate surface area is 350 Å². The standard InChI is InChI=1S/C48H34N8O4Si/c1-58-27-13-9-12-26(24-27)48(61,47(57)60-29-15-10-14-28(25-29)59-2)37-23-11-22-36-38(37)46-55-44-35-21-8-7-20-34(35)42(53-44)51-40-31-17-4-3-16-30(31)39(49-40)50-41-32-18-5-6-19-33(32)43(52-41)54-45(36)56-46/h3-25H,1-2,61H3,(H2,49,50,51,52,53,54,55,56). The molecule has 0 amide bonds. The molecular formula is C48H34N8O4Si. The highest BCUT2D eigenvalue weighted by Crippen LogP contribution is 2.42. The number of aromatic nitrogens is 8. The first kappa shape index (κ1) is 36.1. The lowest BCUT2D eigenvalue weighted by molar-refractivity contribution is -0.136. The third-order valence-corrected chi connectivity index (χ3v) is 12.9. The van der Waals surface area contributed by atoms with Crippen LogP contribution >= 0.6 is 0 Å². The zero-order chi connectivity index (χ0) is 41.2. The van der Waals surface area contributed by atoms with Crippen molar-refractivity contribution in [3.63, 3.8) is 0 Å². The van der Waals surface area contributed by atoms with Gasteiger partial charge in [-0.05, 0) is 35.4 Å². The lowest BCUT2D eigenvalue weighted by Crippen LogP contribution is -2.41. The molecule has 294 valence electrons. The van der Waals surface area contributed by atoms with Gasteiger partial charge in [0, 0.05) is 60.1 Å².